The van der Waals surface area contributed by atoms with Gasteiger partial charge in [0.15, 0.2) is 0 Å². The predicted molar refractivity (Wildman–Crippen MR) is 87.6 cm³/mol. The first kappa shape index (κ1) is 15.9. The molecule has 0 spiro atoms. The molecule has 124 valence electrons. The molecule has 2 heterocycles. The first-order chi connectivity index (χ1) is 11.0. The molecule has 2 N–H and O–H groups in total. The van der Waals surface area contributed by atoms with Crippen LogP contribution >= 0.6 is 0 Å². The van der Waals surface area contributed by atoms with Crippen LogP contribution in [0.25, 0.3) is 11.0 Å². The van der Waals surface area contributed by atoms with Crippen molar-refractivity contribution in [1.29, 1.82) is 0 Å². The average molecular weight is 318 g/mol. The number of benzene rings is 1. The summed E-state index contributed by atoms with van der Waals surface area (Å²) in [6, 6.07) is 5.01. The lowest BCUT2D eigenvalue weighted by molar-refractivity contribution is -0.126. The van der Waals surface area contributed by atoms with Gasteiger partial charge >= 0.3 is 0 Å². The number of fused-ring (bicyclic) bond motifs is 1. The fourth-order valence-electron chi connectivity index (χ4n) is 3.26. The second kappa shape index (κ2) is 6.66. The molecule has 1 amide bonds. The van der Waals surface area contributed by atoms with Crippen molar-refractivity contribution in [2.24, 2.45) is 13.0 Å². The van der Waals surface area contributed by atoms with Crippen LogP contribution in [0, 0.1) is 11.7 Å². The Hall–Kier alpha value is -1.95. The number of hydrogen-bond donors (Lipinski definition) is 2. The number of aryl methyl sites for hydroxylation is 1. The summed E-state index contributed by atoms with van der Waals surface area (Å²) in [6.45, 7) is 3.56. The van der Waals surface area contributed by atoms with Gasteiger partial charge in [-0.25, -0.2) is 9.37 Å². The van der Waals surface area contributed by atoms with Crippen LogP contribution in [-0.2, 0) is 18.3 Å². The number of carbonyl (C=O) groups is 1. The topological polar surface area (TPSA) is 59.0 Å². The Bertz CT molecular complexity index is 712. The number of nitrogens with zero attached hydrogens (tertiary/aromatic N) is 2. The maximum absolute atomic E-state index is 13.3. The SMILES string of the molecule is C[C@H]1C[C@@H](C(=O)NCCc2nc3cc(F)ccc3n2C)CCN1. The number of imidazole rings is 1. The zero-order chi connectivity index (χ0) is 16.4. The van der Waals surface area contributed by atoms with E-state index in [0.717, 1.165) is 30.7 Å². The molecule has 1 aliphatic heterocycles. The summed E-state index contributed by atoms with van der Waals surface area (Å²) >= 11 is 0. The van der Waals surface area contributed by atoms with Gasteiger partial charge in [0.25, 0.3) is 0 Å². The van der Waals surface area contributed by atoms with Crippen molar-refractivity contribution in [3.63, 3.8) is 0 Å². The first-order valence-electron chi connectivity index (χ1n) is 8.16. The highest BCUT2D eigenvalue weighted by Gasteiger charge is 2.24. The predicted octanol–water partition coefficient (Wildman–Crippen LogP) is 1.76. The molecule has 1 aromatic heterocycles. The Morgan fingerprint density at radius 2 is 2.35 bits per heavy atom. The van der Waals surface area contributed by atoms with Crippen molar-refractivity contribution >= 4 is 16.9 Å². The quantitative estimate of drug-likeness (QED) is 0.903. The fraction of sp³-hybridized carbons (Fsp3) is 0.529. The van der Waals surface area contributed by atoms with E-state index in [1.807, 2.05) is 11.6 Å². The molecule has 1 saturated heterocycles. The van der Waals surface area contributed by atoms with E-state index in [1.54, 1.807) is 6.07 Å². The molecule has 2 atom stereocenters. The van der Waals surface area contributed by atoms with Gasteiger partial charge < -0.3 is 15.2 Å². The molecule has 0 aliphatic carbocycles. The lowest BCUT2D eigenvalue weighted by Gasteiger charge is -2.27. The van der Waals surface area contributed by atoms with Gasteiger partial charge in [-0.1, -0.05) is 0 Å². The normalized spacial score (nSPS) is 21.5. The van der Waals surface area contributed by atoms with E-state index in [9.17, 15) is 9.18 Å². The van der Waals surface area contributed by atoms with Gasteiger partial charge in [0.1, 0.15) is 11.6 Å². The molecule has 3 rings (SSSR count). The zero-order valence-corrected chi connectivity index (χ0v) is 13.6. The molecule has 0 radical (unpaired) electrons. The van der Waals surface area contributed by atoms with Gasteiger partial charge in [0.05, 0.1) is 11.0 Å². The smallest absolute Gasteiger partial charge is 0.223 e. The van der Waals surface area contributed by atoms with Gasteiger partial charge in [-0.05, 0) is 38.4 Å². The van der Waals surface area contributed by atoms with E-state index in [4.69, 9.17) is 0 Å². The number of carbonyl (C=O) groups excluding carboxylic acids is 1. The molecular weight excluding hydrogens is 295 g/mol. The first-order valence-corrected chi connectivity index (χ1v) is 8.16. The van der Waals surface area contributed by atoms with Crippen LogP contribution in [0.5, 0.6) is 0 Å². The van der Waals surface area contributed by atoms with E-state index in [2.05, 4.69) is 22.5 Å². The maximum Gasteiger partial charge on any atom is 0.223 e. The van der Waals surface area contributed by atoms with E-state index < -0.39 is 0 Å². The molecule has 23 heavy (non-hydrogen) atoms. The Kier molecular flexibility index (Phi) is 4.61. The summed E-state index contributed by atoms with van der Waals surface area (Å²) in [5.41, 5.74) is 1.56. The number of rotatable bonds is 4. The second-order valence-electron chi connectivity index (χ2n) is 6.34. The van der Waals surface area contributed by atoms with Gasteiger partial charge in [-0.3, -0.25) is 4.79 Å². The summed E-state index contributed by atoms with van der Waals surface area (Å²) in [7, 11) is 1.92. The van der Waals surface area contributed by atoms with Crippen LogP contribution in [0.4, 0.5) is 4.39 Å². The maximum atomic E-state index is 13.3. The average Bonchev–Trinajstić information content (AvgIpc) is 2.83. The fourth-order valence-corrected chi connectivity index (χ4v) is 3.26. The third kappa shape index (κ3) is 3.52. The van der Waals surface area contributed by atoms with Crippen molar-refractivity contribution in [2.75, 3.05) is 13.1 Å². The second-order valence-corrected chi connectivity index (χ2v) is 6.34. The summed E-state index contributed by atoms with van der Waals surface area (Å²) in [4.78, 5) is 16.7. The monoisotopic (exact) mass is 318 g/mol. The van der Waals surface area contributed by atoms with E-state index >= 15 is 0 Å². The number of halogens is 1. The molecule has 0 bridgehead atoms. The Morgan fingerprint density at radius 3 is 3.13 bits per heavy atom. The lowest BCUT2D eigenvalue weighted by Crippen LogP contribution is -2.42. The van der Waals surface area contributed by atoms with Crippen LogP contribution in [-0.4, -0.2) is 34.6 Å². The van der Waals surface area contributed by atoms with Crippen molar-refractivity contribution in [2.45, 2.75) is 32.2 Å². The highest BCUT2D eigenvalue weighted by atomic mass is 19.1. The molecule has 0 unspecified atom stereocenters. The largest absolute Gasteiger partial charge is 0.355 e. The Morgan fingerprint density at radius 1 is 1.52 bits per heavy atom. The van der Waals surface area contributed by atoms with Crippen molar-refractivity contribution < 1.29 is 9.18 Å². The third-order valence-electron chi connectivity index (χ3n) is 4.58. The Labute approximate surface area is 135 Å². The molecule has 0 saturated carbocycles. The molecular formula is C17H23FN4O. The van der Waals surface area contributed by atoms with Gasteiger partial charge in [-0.15, -0.1) is 0 Å². The van der Waals surface area contributed by atoms with Crippen molar-refractivity contribution in [3.8, 4) is 0 Å². The number of hydrogen-bond acceptors (Lipinski definition) is 3. The third-order valence-corrected chi connectivity index (χ3v) is 4.58. The van der Waals surface area contributed by atoms with E-state index in [0.29, 0.717) is 24.5 Å². The standard InChI is InChI=1S/C17H23FN4O/c1-11-9-12(5-7-19-11)17(23)20-8-6-16-21-14-10-13(18)3-4-15(14)22(16)2/h3-4,10-12,19H,5-9H2,1-2H3,(H,20,23)/t11-,12-/m0/s1. The summed E-state index contributed by atoms with van der Waals surface area (Å²) in [6.07, 6.45) is 2.41. The van der Waals surface area contributed by atoms with Crippen molar-refractivity contribution in [3.05, 3.63) is 29.8 Å². The minimum atomic E-state index is -0.282. The lowest BCUT2D eigenvalue weighted by atomic mass is 9.92. The zero-order valence-electron chi connectivity index (χ0n) is 13.6. The van der Waals surface area contributed by atoms with Crippen LogP contribution in [0.2, 0.25) is 0 Å². The molecule has 2 aromatic rings. The molecule has 6 heteroatoms. The summed E-state index contributed by atoms with van der Waals surface area (Å²) < 4.78 is 15.2. The minimum Gasteiger partial charge on any atom is -0.355 e. The minimum absolute atomic E-state index is 0.0980. The van der Waals surface area contributed by atoms with Crippen LogP contribution < -0.4 is 10.6 Å². The number of aromatic nitrogens is 2. The molecule has 5 nitrogen and oxygen atoms in total. The summed E-state index contributed by atoms with van der Waals surface area (Å²) in [5.74, 6) is 0.795. The number of piperidine rings is 1. The number of amides is 1. The van der Waals surface area contributed by atoms with Crippen LogP contribution in [0.15, 0.2) is 18.2 Å². The molecule has 1 aliphatic rings. The van der Waals surface area contributed by atoms with Crippen molar-refractivity contribution in [1.82, 2.24) is 20.2 Å². The van der Waals surface area contributed by atoms with Gasteiger partial charge in [0, 0.05) is 38.0 Å². The summed E-state index contributed by atoms with van der Waals surface area (Å²) in [5, 5.41) is 6.36. The van der Waals surface area contributed by atoms with Gasteiger partial charge in [0.2, 0.25) is 5.91 Å². The highest BCUT2D eigenvalue weighted by Crippen LogP contribution is 2.17. The van der Waals surface area contributed by atoms with E-state index in [-0.39, 0.29) is 17.6 Å². The number of nitrogens with one attached hydrogen (secondary N) is 2. The molecule has 1 fully saturated rings. The van der Waals surface area contributed by atoms with Crippen LogP contribution in [0.1, 0.15) is 25.6 Å². The Balaban J connectivity index is 1.58. The highest BCUT2D eigenvalue weighted by molar-refractivity contribution is 5.79. The van der Waals surface area contributed by atoms with Gasteiger partial charge in [-0.2, -0.15) is 0 Å². The van der Waals surface area contributed by atoms with Crippen LogP contribution in [0.3, 0.4) is 0 Å². The van der Waals surface area contributed by atoms with E-state index in [1.165, 1.54) is 12.1 Å². The molecule has 1 aromatic carbocycles.